The number of benzene rings is 3. The molecule has 0 atom stereocenters. The summed E-state index contributed by atoms with van der Waals surface area (Å²) in [6.07, 6.45) is 12.3. The summed E-state index contributed by atoms with van der Waals surface area (Å²) >= 11 is 0. The van der Waals surface area contributed by atoms with Crippen LogP contribution in [0.1, 0.15) is 36.1 Å². The minimum absolute atomic E-state index is 0.670. The van der Waals surface area contributed by atoms with Gasteiger partial charge in [-0.3, -0.25) is 0 Å². The van der Waals surface area contributed by atoms with Gasteiger partial charge in [-0.15, -0.1) is 0 Å². The van der Waals surface area contributed by atoms with E-state index in [1.807, 2.05) is 18.2 Å². The molecule has 5 aromatic rings. The average Bonchev–Trinajstić information content (AvgIpc) is 3.46. The molecule has 4 nitrogen and oxygen atoms in total. The Morgan fingerprint density at radius 2 is 1.58 bits per heavy atom. The van der Waals surface area contributed by atoms with Crippen LogP contribution in [0.25, 0.3) is 50.2 Å². The summed E-state index contributed by atoms with van der Waals surface area (Å²) in [6.45, 7) is 0. The zero-order valence-corrected chi connectivity index (χ0v) is 19.7. The number of hydrogen-bond donors (Lipinski definition) is 0. The van der Waals surface area contributed by atoms with Crippen LogP contribution < -0.4 is 0 Å². The molecule has 0 saturated heterocycles. The van der Waals surface area contributed by atoms with Crippen molar-refractivity contribution < 1.29 is 0 Å². The summed E-state index contributed by atoms with van der Waals surface area (Å²) in [5.74, 6) is 0. The molecule has 0 N–H and O–H groups in total. The van der Waals surface area contributed by atoms with Crippen molar-refractivity contribution in [3.05, 3.63) is 101 Å². The van der Waals surface area contributed by atoms with Crippen LogP contribution in [0.15, 0.2) is 84.5 Å². The molecule has 0 spiro atoms. The van der Waals surface area contributed by atoms with Gasteiger partial charge in [-0.05, 0) is 74.2 Å². The minimum atomic E-state index is 0.670. The summed E-state index contributed by atoms with van der Waals surface area (Å²) < 4.78 is 4.79. The molecule has 2 aromatic heterocycles. The van der Waals surface area contributed by atoms with Crippen molar-refractivity contribution in [1.29, 1.82) is 10.5 Å². The molecule has 0 amide bonds. The number of rotatable bonds is 2. The Balaban J connectivity index is 1.59. The van der Waals surface area contributed by atoms with Crippen molar-refractivity contribution in [2.24, 2.45) is 0 Å². The Labute approximate surface area is 208 Å². The fraction of sp³-hybridized carbons (Fsp3) is 0.125. The number of para-hydroxylation sites is 1. The second-order valence-corrected chi connectivity index (χ2v) is 9.47. The van der Waals surface area contributed by atoms with Crippen molar-refractivity contribution >= 4 is 44.5 Å². The maximum absolute atomic E-state index is 9.53. The maximum atomic E-state index is 9.53. The first-order valence-corrected chi connectivity index (χ1v) is 12.3. The summed E-state index contributed by atoms with van der Waals surface area (Å²) in [7, 11) is 0. The first kappa shape index (κ1) is 20.6. The second kappa shape index (κ2) is 7.87. The van der Waals surface area contributed by atoms with Gasteiger partial charge >= 0.3 is 0 Å². The first-order chi connectivity index (χ1) is 17.8. The molecule has 2 aliphatic rings. The molecule has 0 unspecified atom stereocenters. The monoisotopic (exact) mass is 462 g/mol. The number of aromatic nitrogens is 2. The van der Waals surface area contributed by atoms with Crippen LogP contribution in [0.4, 0.5) is 0 Å². The highest BCUT2D eigenvalue weighted by Gasteiger charge is 2.24. The molecule has 2 heterocycles. The Morgan fingerprint density at radius 1 is 0.722 bits per heavy atom. The van der Waals surface area contributed by atoms with Gasteiger partial charge in [0.25, 0.3) is 0 Å². The standard InChI is InChI=1S/C32H22N4/c33-19-21-12-15-23(16-13-21)35-28-9-4-2-7-25(28)32-30(35)10-5-11-31(32)36-27-8-3-1-6-24(27)26-18-22(20-34)14-17-29(26)36/h1-3,5-8,10-12,14-15,17-18H,4,9,13,16H2. The van der Waals surface area contributed by atoms with Crippen molar-refractivity contribution in [2.75, 3.05) is 0 Å². The average molecular weight is 463 g/mol. The highest BCUT2D eigenvalue weighted by molar-refractivity contribution is 6.11. The van der Waals surface area contributed by atoms with Crippen molar-refractivity contribution in [1.82, 2.24) is 9.13 Å². The number of nitriles is 2. The fourth-order valence-corrected chi connectivity index (χ4v) is 5.97. The molecule has 0 bridgehead atoms. The van der Waals surface area contributed by atoms with Crippen LogP contribution in [0.2, 0.25) is 0 Å². The molecule has 2 aliphatic carbocycles. The lowest BCUT2D eigenvalue weighted by molar-refractivity contribution is 0.857. The van der Waals surface area contributed by atoms with Crippen LogP contribution in [0.3, 0.4) is 0 Å². The van der Waals surface area contributed by atoms with Crippen LogP contribution >= 0.6 is 0 Å². The quantitative estimate of drug-likeness (QED) is 0.270. The van der Waals surface area contributed by atoms with Gasteiger partial charge in [0.15, 0.2) is 0 Å². The molecule has 0 radical (unpaired) electrons. The van der Waals surface area contributed by atoms with Crippen molar-refractivity contribution in [3.63, 3.8) is 0 Å². The summed E-state index contributed by atoms with van der Waals surface area (Å²) in [5, 5.41) is 22.3. The lowest BCUT2D eigenvalue weighted by Crippen LogP contribution is -2.06. The van der Waals surface area contributed by atoms with E-state index < -0.39 is 0 Å². The molecule has 0 fully saturated rings. The first-order valence-electron chi connectivity index (χ1n) is 12.3. The highest BCUT2D eigenvalue weighted by atomic mass is 15.0. The van der Waals surface area contributed by atoms with Crippen LogP contribution in [-0.4, -0.2) is 9.13 Å². The third kappa shape index (κ3) is 2.85. The molecular weight excluding hydrogens is 440 g/mol. The van der Waals surface area contributed by atoms with E-state index in [0.29, 0.717) is 5.56 Å². The summed E-state index contributed by atoms with van der Waals surface area (Å²) in [4.78, 5) is 0. The van der Waals surface area contributed by atoms with Gasteiger partial charge < -0.3 is 9.13 Å². The van der Waals surface area contributed by atoms with E-state index >= 15 is 0 Å². The van der Waals surface area contributed by atoms with Crippen LogP contribution in [-0.2, 0) is 6.42 Å². The maximum Gasteiger partial charge on any atom is 0.0991 e. The fourth-order valence-electron chi connectivity index (χ4n) is 5.97. The van der Waals surface area contributed by atoms with Gasteiger partial charge in [0.05, 0.1) is 39.9 Å². The Kier molecular flexibility index (Phi) is 4.50. The normalized spacial score (nSPS) is 14.9. The molecule has 36 heavy (non-hydrogen) atoms. The highest BCUT2D eigenvalue weighted by Crippen LogP contribution is 2.41. The molecule has 3 aromatic carbocycles. The van der Waals surface area contributed by atoms with Gasteiger partial charge in [0.1, 0.15) is 0 Å². The SMILES string of the molecule is N#CC1=CC=C(n2c3c(c4c(-n5c6ccccc6c6cc(C#N)ccc65)cccc42)C=CCC3)CC1. The Morgan fingerprint density at radius 3 is 2.42 bits per heavy atom. The molecule has 4 heteroatoms. The summed E-state index contributed by atoms with van der Waals surface area (Å²) in [5.41, 5.74) is 9.95. The summed E-state index contributed by atoms with van der Waals surface area (Å²) in [6, 6.07) is 25.6. The number of nitrogens with zero attached hydrogens (tertiary/aromatic N) is 4. The second-order valence-electron chi connectivity index (χ2n) is 9.47. The van der Waals surface area contributed by atoms with E-state index in [4.69, 9.17) is 0 Å². The van der Waals surface area contributed by atoms with E-state index in [-0.39, 0.29) is 0 Å². The minimum Gasteiger partial charge on any atom is -0.317 e. The van der Waals surface area contributed by atoms with Gasteiger partial charge in [-0.25, -0.2) is 0 Å². The number of fused-ring (bicyclic) bond motifs is 6. The predicted octanol–water partition coefficient (Wildman–Crippen LogP) is 7.65. The van der Waals surface area contributed by atoms with Crippen LogP contribution in [0, 0.1) is 22.7 Å². The zero-order valence-electron chi connectivity index (χ0n) is 19.7. The van der Waals surface area contributed by atoms with E-state index in [1.165, 1.54) is 27.9 Å². The topological polar surface area (TPSA) is 57.4 Å². The van der Waals surface area contributed by atoms with E-state index in [2.05, 4.69) is 88.0 Å². The molecule has 170 valence electrons. The van der Waals surface area contributed by atoms with Gasteiger partial charge in [0.2, 0.25) is 0 Å². The number of allylic oxidation sites excluding steroid dienone is 5. The van der Waals surface area contributed by atoms with Gasteiger partial charge in [-0.2, -0.15) is 10.5 Å². The van der Waals surface area contributed by atoms with E-state index in [1.54, 1.807) is 0 Å². The van der Waals surface area contributed by atoms with Crippen molar-refractivity contribution in [3.8, 4) is 17.8 Å². The van der Waals surface area contributed by atoms with Crippen LogP contribution in [0.5, 0.6) is 0 Å². The molecule has 0 aliphatic heterocycles. The lowest BCUT2D eigenvalue weighted by atomic mass is 10.0. The Bertz CT molecular complexity index is 1910. The molecule has 0 saturated carbocycles. The molecule has 7 rings (SSSR count). The zero-order chi connectivity index (χ0) is 24.2. The third-order valence-corrected chi connectivity index (χ3v) is 7.54. The van der Waals surface area contributed by atoms with Gasteiger partial charge in [-0.1, -0.05) is 36.4 Å². The molecular formula is C32H22N4. The number of hydrogen-bond acceptors (Lipinski definition) is 2. The van der Waals surface area contributed by atoms with E-state index in [9.17, 15) is 10.5 Å². The smallest absolute Gasteiger partial charge is 0.0991 e. The third-order valence-electron chi connectivity index (χ3n) is 7.54. The van der Waals surface area contributed by atoms with Gasteiger partial charge in [0, 0.05) is 38.7 Å². The predicted molar refractivity (Wildman–Crippen MR) is 146 cm³/mol. The van der Waals surface area contributed by atoms with Crippen molar-refractivity contribution in [2.45, 2.75) is 25.7 Å². The lowest BCUT2D eigenvalue weighted by Gasteiger charge is -2.18. The largest absolute Gasteiger partial charge is 0.317 e. The Hall–Kier alpha value is -4.80. The van der Waals surface area contributed by atoms with E-state index in [0.717, 1.165) is 58.7 Å².